The second-order valence-corrected chi connectivity index (χ2v) is 10.3. The van der Waals surface area contributed by atoms with Crippen LogP contribution in [0.25, 0.3) is 0 Å². The predicted molar refractivity (Wildman–Crippen MR) is 119 cm³/mol. The van der Waals surface area contributed by atoms with Crippen LogP contribution < -0.4 is 5.32 Å². The van der Waals surface area contributed by atoms with Crippen LogP contribution in [0.2, 0.25) is 0 Å². The average Bonchev–Trinajstić information content (AvgIpc) is 2.66. The van der Waals surface area contributed by atoms with Crippen molar-refractivity contribution in [3.63, 3.8) is 0 Å². The van der Waals surface area contributed by atoms with Gasteiger partial charge in [0.25, 0.3) is 0 Å². The maximum Gasteiger partial charge on any atom is 0.0774 e. The summed E-state index contributed by atoms with van der Waals surface area (Å²) in [5.74, 6) is 0. The first-order chi connectivity index (χ1) is 13.1. The fourth-order valence-electron chi connectivity index (χ4n) is 3.88. The summed E-state index contributed by atoms with van der Waals surface area (Å²) in [6, 6.07) is 18.0. The van der Waals surface area contributed by atoms with Gasteiger partial charge in [-0.2, -0.15) is 0 Å². The molecule has 1 aliphatic rings. The molecular formula is C26H37NO. The molecule has 28 heavy (non-hydrogen) atoms. The monoisotopic (exact) mass is 379 g/mol. The minimum Gasteiger partial charge on any atom is -0.372 e. The molecule has 1 saturated heterocycles. The lowest BCUT2D eigenvalue weighted by Crippen LogP contribution is -2.39. The highest BCUT2D eigenvalue weighted by molar-refractivity contribution is 5.37. The van der Waals surface area contributed by atoms with E-state index in [4.69, 9.17) is 4.74 Å². The fourth-order valence-corrected chi connectivity index (χ4v) is 3.88. The topological polar surface area (TPSA) is 21.3 Å². The van der Waals surface area contributed by atoms with E-state index < -0.39 is 0 Å². The molecule has 1 fully saturated rings. The van der Waals surface area contributed by atoms with Gasteiger partial charge in [-0.05, 0) is 52.5 Å². The summed E-state index contributed by atoms with van der Waals surface area (Å²) in [4.78, 5) is 0. The van der Waals surface area contributed by atoms with Crippen molar-refractivity contribution in [3.8, 4) is 0 Å². The van der Waals surface area contributed by atoms with E-state index in [1.54, 1.807) is 0 Å². The molecule has 1 N–H and O–H groups in total. The Kier molecular flexibility index (Phi) is 6.31. The molecule has 0 radical (unpaired) electrons. The maximum absolute atomic E-state index is 6.51. The number of ether oxygens (including phenoxy) is 1. The molecule has 0 spiro atoms. The summed E-state index contributed by atoms with van der Waals surface area (Å²) in [6.07, 6.45) is 2.49. The first-order valence-electron chi connectivity index (χ1n) is 10.7. The Bertz CT molecular complexity index is 735. The molecule has 3 rings (SSSR count). The quantitative estimate of drug-likeness (QED) is 0.674. The van der Waals surface area contributed by atoms with Crippen molar-refractivity contribution >= 4 is 0 Å². The van der Waals surface area contributed by atoms with Crippen LogP contribution in [-0.2, 0) is 22.2 Å². The third-order valence-electron chi connectivity index (χ3n) is 5.75. The normalized spacial score (nSPS) is 20.9. The van der Waals surface area contributed by atoms with Gasteiger partial charge in [-0.15, -0.1) is 0 Å². The number of hydrogen-bond donors (Lipinski definition) is 1. The lowest BCUT2D eigenvalue weighted by atomic mass is 9.79. The van der Waals surface area contributed by atoms with Gasteiger partial charge in [0.2, 0.25) is 0 Å². The minimum atomic E-state index is 0.134. The summed E-state index contributed by atoms with van der Waals surface area (Å²) >= 11 is 0. The van der Waals surface area contributed by atoms with E-state index in [1.165, 1.54) is 28.7 Å². The second-order valence-electron chi connectivity index (χ2n) is 10.3. The molecule has 1 heterocycles. The number of hydrogen-bond acceptors (Lipinski definition) is 2. The Morgan fingerprint density at radius 1 is 0.893 bits per heavy atom. The van der Waals surface area contributed by atoms with Crippen molar-refractivity contribution in [2.45, 2.75) is 84.0 Å². The SMILES string of the molecule is CC(C)(C)c1cc(CO[C@@H]2CCCN[C@@H]2c2ccccc2)cc(C(C)(C)C)c1. The number of rotatable bonds is 4. The van der Waals surface area contributed by atoms with Crippen molar-refractivity contribution in [1.29, 1.82) is 0 Å². The summed E-state index contributed by atoms with van der Waals surface area (Å²) in [7, 11) is 0. The zero-order valence-corrected chi connectivity index (χ0v) is 18.5. The zero-order valence-electron chi connectivity index (χ0n) is 18.5. The Hall–Kier alpha value is -1.64. The fraction of sp³-hybridized carbons (Fsp3) is 0.538. The van der Waals surface area contributed by atoms with Gasteiger partial charge in [0.05, 0.1) is 18.8 Å². The van der Waals surface area contributed by atoms with Gasteiger partial charge in [0, 0.05) is 0 Å². The molecule has 0 bridgehead atoms. The second kappa shape index (κ2) is 8.39. The van der Waals surface area contributed by atoms with Gasteiger partial charge in [0.1, 0.15) is 0 Å². The Morgan fingerprint density at radius 3 is 2.07 bits per heavy atom. The van der Waals surface area contributed by atoms with E-state index in [1.807, 2.05) is 0 Å². The molecule has 0 saturated carbocycles. The summed E-state index contributed by atoms with van der Waals surface area (Å²) < 4.78 is 6.51. The maximum atomic E-state index is 6.51. The molecule has 152 valence electrons. The molecule has 2 aromatic rings. The van der Waals surface area contributed by atoms with Gasteiger partial charge in [-0.3, -0.25) is 0 Å². The highest BCUT2D eigenvalue weighted by Crippen LogP contribution is 2.32. The van der Waals surface area contributed by atoms with Crippen LogP contribution in [0, 0.1) is 0 Å². The average molecular weight is 380 g/mol. The van der Waals surface area contributed by atoms with Crippen LogP contribution in [0.4, 0.5) is 0 Å². The van der Waals surface area contributed by atoms with Gasteiger partial charge in [-0.25, -0.2) is 0 Å². The van der Waals surface area contributed by atoms with Gasteiger partial charge in [0.15, 0.2) is 0 Å². The van der Waals surface area contributed by atoms with Crippen LogP contribution in [-0.4, -0.2) is 12.6 Å². The lowest BCUT2D eigenvalue weighted by molar-refractivity contribution is -0.00364. The van der Waals surface area contributed by atoms with Crippen LogP contribution in [0.1, 0.15) is 82.7 Å². The molecule has 0 unspecified atom stereocenters. The largest absolute Gasteiger partial charge is 0.372 e. The minimum absolute atomic E-state index is 0.134. The highest BCUT2D eigenvalue weighted by atomic mass is 16.5. The van der Waals surface area contributed by atoms with Crippen molar-refractivity contribution < 1.29 is 4.74 Å². The van der Waals surface area contributed by atoms with Crippen LogP contribution >= 0.6 is 0 Å². The first kappa shape index (κ1) is 21.1. The van der Waals surface area contributed by atoms with E-state index in [-0.39, 0.29) is 23.0 Å². The predicted octanol–water partition coefficient (Wildman–Crippen LogP) is 6.29. The molecule has 2 aromatic carbocycles. The highest BCUT2D eigenvalue weighted by Gasteiger charge is 2.27. The van der Waals surface area contributed by atoms with Crippen molar-refractivity contribution in [2.24, 2.45) is 0 Å². The molecule has 0 aliphatic carbocycles. The summed E-state index contributed by atoms with van der Waals surface area (Å²) in [5, 5.41) is 3.67. The molecule has 2 atom stereocenters. The van der Waals surface area contributed by atoms with E-state index in [9.17, 15) is 0 Å². The van der Waals surface area contributed by atoms with Gasteiger partial charge in [-0.1, -0.05) is 90.1 Å². The van der Waals surface area contributed by atoms with Gasteiger partial charge >= 0.3 is 0 Å². The molecule has 0 aromatic heterocycles. The third-order valence-corrected chi connectivity index (χ3v) is 5.75. The Labute approximate surface area is 171 Å². The van der Waals surface area contributed by atoms with Gasteiger partial charge < -0.3 is 10.1 Å². The van der Waals surface area contributed by atoms with Crippen LogP contribution in [0.3, 0.4) is 0 Å². The number of nitrogens with one attached hydrogen (secondary N) is 1. The molecule has 2 nitrogen and oxygen atoms in total. The molecule has 0 amide bonds. The molecular weight excluding hydrogens is 342 g/mol. The molecule has 2 heteroatoms. The van der Waals surface area contributed by atoms with Crippen LogP contribution in [0.15, 0.2) is 48.5 Å². The zero-order chi connectivity index (χ0) is 20.4. The van der Waals surface area contributed by atoms with E-state index in [0.29, 0.717) is 6.61 Å². The van der Waals surface area contributed by atoms with Crippen LogP contribution in [0.5, 0.6) is 0 Å². The third kappa shape index (κ3) is 5.24. The summed E-state index contributed by atoms with van der Waals surface area (Å²) in [5.41, 5.74) is 5.66. The Balaban J connectivity index is 1.81. The number of benzene rings is 2. The standard InChI is InChI=1S/C26H37NO/c1-25(2,3)21-15-19(16-22(17-21)26(4,5)6)18-28-23-13-10-14-27-24(23)20-11-8-7-9-12-20/h7-9,11-12,15-17,23-24,27H,10,13-14,18H2,1-6H3/t23-,24-/m1/s1. The lowest BCUT2D eigenvalue weighted by Gasteiger charge is -2.33. The van der Waals surface area contributed by atoms with Crippen molar-refractivity contribution in [2.75, 3.05) is 6.54 Å². The smallest absolute Gasteiger partial charge is 0.0774 e. The number of piperidine rings is 1. The first-order valence-corrected chi connectivity index (χ1v) is 10.7. The summed E-state index contributed by atoms with van der Waals surface area (Å²) in [6.45, 7) is 15.5. The van der Waals surface area contributed by atoms with E-state index in [2.05, 4.69) is 95.4 Å². The Morgan fingerprint density at radius 2 is 1.50 bits per heavy atom. The van der Waals surface area contributed by atoms with E-state index in [0.717, 1.165) is 13.0 Å². The van der Waals surface area contributed by atoms with E-state index >= 15 is 0 Å². The van der Waals surface area contributed by atoms with Crippen molar-refractivity contribution in [3.05, 3.63) is 70.8 Å². The molecule has 1 aliphatic heterocycles. The van der Waals surface area contributed by atoms with Crippen molar-refractivity contribution in [1.82, 2.24) is 5.32 Å².